The zero-order valence-electron chi connectivity index (χ0n) is 9.88. The second-order valence-corrected chi connectivity index (χ2v) is 7.28. The summed E-state index contributed by atoms with van der Waals surface area (Å²) >= 11 is 15.9. The van der Waals surface area contributed by atoms with E-state index in [0.29, 0.717) is 0 Å². The molecule has 0 bridgehead atoms. The standard InChI is InChI=1S/C14H10Cl2S2/c1-7-3-11-13(5-9(7)15)18-12-4-8(2)10(16)6-14(12)17-11/h3-6H,1-2H3. The average molecular weight is 313 g/mol. The molecule has 0 aliphatic carbocycles. The van der Waals surface area contributed by atoms with Crippen LogP contribution in [-0.4, -0.2) is 0 Å². The van der Waals surface area contributed by atoms with Gasteiger partial charge in [-0.3, -0.25) is 0 Å². The number of hydrogen-bond donors (Lipinski definition) is 0. The molecule has 0 N–H and O–H groups in total. The van der Waals surface area contributed by atoms with Crippen molar-refractivity contribution >= 4 is 46.7 Å². The largest absolute Gasteiger partial charge is 0.0877 e. The van der Waals surface area contributed by atoms with Gasteiger partial charge in [0.15, 0.2) is 0 Å². The predicted molar refractivity (Wildman–Crippen MR) is 80.6 cm³/mol. The van der Waals surface area contributed by atoms with Crippen LogP contribution in [0.4, 0.5) is 0 Å². The SMILES string of the molecule is Cc1cc2c(cc1Cl)Sc1cc(C)c(Cl)cc1S2. The van der Waals surface area contributed by atoms with E-state index in [4.69, 9.17) is 23.2 Å². The smallest absolute Gasteiger partial charge is 0.0447 e. The fourth-order valence-corrected chi connectivity index (χ4v) is 4.72. The third kappa shape index (κ3) is 2.16. The molecule has 0 fully saturated rings. The maximum absolute atomic E-state index is 6.19. The van der Waals surface area contributed by atoms with Gasteiger partial charge in [0.05, 0.1) is 0 Å². The fraction of sp³-hybridized carbons (Fsp3) is 0.143. The summed E-state index contributed by atoms with van der Waals surface area (Å²) in [7, 11) is 0. The predicted octanol–water partition coefficient (Wildman–Crippen LogP) is 6.23. The fourth-order valence-electron chi connectivity index (χ4n) is 1.83. The molecule has 0 aromatic heterocycles. The van der Waals surface area contributed by atoms with Crippen LogP contribution in [0, 0.1) is 13.8 Å². The van der Waals surface area contributed by atoms with Crippen molar-refractivity contribution in [1.82, 2.24) is 0 Å². The third-order valence-electron chi connectivity index (χ3n) is 2.89. The molecule has 2 aromatic rings. The first-order chi connectivity index (χ1) is 8.54. The van der Waals surface area contributed by atoms with Gasteiger partial charge in [0.1, 0.15) is 0 Å². The summed E-state index contributed by atoms with van der Waals surface area (Å²) in [5, 5.41) is 1.66. The molecule has 1 heterocycles. The Kier molecular flexibility index (Phi) is 3.31. The Morgan fingerprint density at radius 1 is 0.667 bits per heavy atom. The summed E-state index contributed by atoms with van der Waals surface area (Å²) in [6, 6.07) is 8.39. The summed E-state index contributed by atoms with van der Waals surface area (Å²) in [5.41, 5.74) is 2.23. The van der Waals surface area contributed by atoms with Crippen molar-refractivity contribution in [3.05, 3.63) is 45.4 Å². The highest BCUT2D eigenvalue weighted by Gasteiger charge is 2.19. The number of rotatable bonds is 0. The lowest BCUT2D eigenvalue weighted by Crippen LogP contribution is -1.92. The van der Waals surface area contributed by atoms with Gasteiger partial charge in [-0.1, -0.05) is 46.7 Å². The van der Waals surface area contributed by atoms with Crippen molar-refractivity contribution in [3.63, 3.8) is 0 Å². The second-order valence-electron chi connectivity index (χ2n) is 4.30. The summed E-state index contributed by atoms with van der Waals surface area (Å²) in [6.07, 6.45) is 0. The number of aryl methyl sites for hydroxylation is 2. The molecule has 2 aromatic carbocycles. The van der Waals surface area contributed by atoms with Crippen LogP contribution in [0.5, 0.6) is 0 Å². The molecular formula is C14H10Cl2S2. The van der Waals surface area contributed by atoms with Gasteiger partial charge in [-0.25, -0.2) is 0 Å². The quantitative estimate of drug-likeness (QED) is 0.483. The van der Waals surface area contributed by atoms with Crippen LogP contribution in [0.25, 0.3) is 0 Å². The van der Waals surface area contributed by atoms with E-state index >= 15 is 0 Å². The summed E-state index contributed by atoms with van der Waals surface area (Å²) in [4.78, 5) is 4.97. The minimum Gasteiger partial charge on any atom is -0.0877 e. The van der Waals surface area contributed by atoms with Gasteiger partial charge in [-0.2, -0.15) is 0 Å². The van der Waals surface area contributed by atoms with Crippen LogP contribution in [0.3, 0.4) is 0 Å². The molecule has 0 unspecified atom stereocenters. The minimum atomic E-state index is 0.830. The number of halogens is 2. The molecule has 0 amide bonds. The summed E-state index contributed by atoms with van der Waals surface area (Å²) in [5.74, 6) is 0. The molecule has 0 saturated heterocycles. The number of benzene rings is 2. The molecule has 92 valence electrons. The van der Waals surface area contributed by atoms with Gasteiger partial charge in [0, 0.05) is 29.6 Å². The van der Waals surface area contributed by atoms with E-state index in [9.17, 15) is 0 Å². The van der Waals surface area contributed by atoms with Crippen molar-refractivity contribution in [2.45, 2.75) is 33.4 Å². The monoisotopic (exact) mass is 312 g/mol. The topological polar surface area (TPSA) is 0 Å². The Morgan fingerprint density at radius 2 is 1.00 bits per heavy atom. The van der Waals surface area contributed by atoms with Crippen molar-refractivity contribution in [2.24, 2.45) is 0 Å². The Balaban J connectivity index is 2.12. The first kappa shape index (κ1) is 12.7. The van der Waals surface area contributed by atoms with Gasteiger partial charge < -0.3 is 0 Å². The molecule has 1 aliphatic rings. The summed E-state index contributed by atoms with van der Waals surface area (Å²) in [6.45, 7) is 4.07. The first-order valence-electron chi connectivity index (χ1n) is 5.50. The van der Waals surface area contributed by atoms with Crippen LogP contribution >= 0.6 is 46.7 Å². The van der Waals surface area contributed by atoms with E-state index in [1.807, 2.05) is 13.8 Å². The molecule has 0 nitrogen and oxygen atoms in total. The molecular weight excluding hydrogens is 303 g/mol. The van der Waals surface area contributed by atoms with Crippen LogP contribution in [0.15, 0.2) is 43.8 Å². The highest BCUT2D eigenvalue weighted by Crippen LogP contribution is 2.50. The van der Waals surface area contributed by atoms with Crippen molar-refractivity contribution in [2.75, 3.05) is 0 Å². The Hall–Kier alpha value is -0.280. The third-order valence-corrected chi connectivity index (χ3v) is 6.19. The van der Waals surface area contributed by atoms with Crippen molar-refractivity contribution in [3.8, 4) is 0 Å². The lowest BCUT2D eigenvalue weighted by molar-refractivity contribution is 1.13. The molecule has 3 rings (SSSR count). The summed E-state index contributed by atoms with van der Waals surface area (Å²) < 4.78 is 0. The highest BCUT2D eigenvalue weighted by molar-refractivity contribution is 8.05. The van der Waals surface area contributed by atoms with Crippen molar-refractivity contribution in [1.29, 1.82) is 0 Å². The van der Waals surface area contributed by atoms with E-state index < -0.39 is 0 Å². The van der Waals surface area contributed by atoms with Gasteiger partial charge >= 0.3 is 0 Å². The van der Waals surface area contributed by atoms with Crippen LogP contribution in [0.1, 0.15) is 11.1 Å². The molecule has 4 heteroatoms. The Morgan fingerprint density at radius 3 is 1.39 bits per heavy atom. The molecule has 0 saturated carbocycles. The highest BCUT2D eigenvalue weighted by atomic mass is 35.5. The molecule has 0 radical (unpaired) electrons. The van der Waals surface area contributed by atoms with Gasteiger partial charge in [-0.15, -0.1) is 0 Å². The first-order valence-corrected chi connectivity index (χ1v) is 7.89. The molecule has 0 spiro atoms. The van der Waals surface area contributed by atoms with Crippen LogP contribution < -0.4 is 0 Å². The van der Waals surface area contributed by atoms with Crippen molar-refractivity contribution < 1.29 is 0 Å². The zero-order valence-corrected chi connectivity index (χ0v) is 13.0. The normalized spacial score (nSPS) is 13.1. The zero-order chi connectivity index (χ0) is 12.9. The Bertz CT molecular complexity index is 539. The maximum atomic E-state index is 6.19. The van der Waals surface area contributed by atoms with E-state index in [-0.39, 0.29) is 0 Å². The van der Waals surface area contributed by atoms with Gasteiger partial charge in [0.25, 0.3) is 0 Å². The van der Waals surface area contributed by atoms with E-state index in [2.05, 4.69) is 24.3 Å². The molecule has 18 heavy (non-hydrogen) atoms. The van der Waals surface area contributed by atoms with Gasteiger partial charge in [-0.05, 0) is 49.2 Å². The second kappa shape index (κ2) is 4.68. The van der Waals surface area contributed by atoms with Crippen LogP contribution in [0.2, 0.25) is 10.0 Å². The average Bonchev–Trinajstić information content (AvgIpc) is 2.31. The Labute approximate surface area is 125 Å². The van der Waals surface area contributed by atoms with Gasteiger partial charge in [0.2, 0.25) is 0 Å². The maximum Gasteiger partial charge on any atom is 0.0447 e. The van der Waals surface area contributed by atoms with E-state index in [0.717, 1.165) is 21.2 Å². The molecule has 1 aliphatic heterocycles. The van der Waals surface area contributed by atoms with E-state index in [1.165, 1.54) is 19.6 Å². The van der Waals surface area contributed by atoms with E-state index in [1.54, 1.807) is 23.5 Å². The molecule has 0 atom stereocenters. The lowest BCUT2D eigenvalue weighted by Gasteiger charge is -2.20. The minimum absolute atomic E-state index is 0.830. The number of fused-ring (bicyclic) bond motifs is 2. The lowest BCUT2D eigenvalue weighted by atomic mass is 10.2. The van der Waals surface area contributed by atoms with Crippen LogP contribution in [-0.2, 0) is 0 Å². The number of hydrogen-bond acceptors (Lipinski definition) is 2.